The number of hydrogen-bond acceptors (Lipinski definition) is 4. The lowest BCUT2D eigenvalue weighted by molar-refractivity contribution is -0.00387. The molecule has 1 N–H and O–H groups in total. The van der Waals surface area contributed by atoms with E-state index in [2.05, 4.69) is 22.2 Å². The Morgan fingerprint density at radius 2 is 2.04 bits per heavy atom. The van der Waals surface area contributed by atoms with Crippen LogP contribution in [0.4, 0.5) is 22.0 Å². The first kappa shape index (κ1) is 16.3. The first-order valence-electron chi connectivity index (χ1n) is 9.28. The van der Waals surface area contributed by atoms with E-state index in [1.807, 2.05) is 11.0 Å². The van der Waals surface area contributed by atoms with Crippen molar-refractivity contribution >= 4 is 29.1 Å². The molecule has 1 aromatic carbocycles. The van der Waals surface area contributed by atoms with Crippen molar-refractivity contribution in [3.63, 3.8) is 0 Å². The maximum absolute atomic E-state index is 13.6. The van der Waals surface area contributed by atoms with Crippen LogP contribution >= 0.6 is 0 Å². The summed E-state index contributed by atoms with van der Waals surface area (Å²) in [5.41, 5.74) is 1.59. The van der Waals surface area contributed by atoms with E-state index >= 15 is 0 Å². The monoisotopic (exact) mass is 363 g/mol. The fourth-order valence-corrected chi connectivity index (χ4v) is 4.33. The number of amides is 3. The van der Waals surface area contributed by atoms with Crippen molar-refractivity contribution in [1.82, 2.24) is 14.8 Å². The smallest absolute Gasteiger partial charge is 0.319 e. The third-order valence-corrected chi connectivity index (χ3v) is 5.83. The van der Waals surface area contributed by atoms with Crippen molar-refractivity contribution in [2.45, 2.75) is 12.5 Å². The fraction of sp³-hybridized carbons (Fsp3) is 0.350. The van der Waals surface area contributed by atoms with Crippen LogP contribution in [0.2, 0.25) is 0 Å². The highest BCUT2D eigenvalue weighted by atomic mass is 16.2. The van der Waals surface area contributed by atoms with Gasteiger partial charge in [-0.3, -0.25) is 4.79 Å². The fourth-order valence-electron chi connectivity index (χ4n) is 4.33. The third kappa shape index (κ3) is 2.49. The van der Waals surface area contributed by atoms with Crippen molar-refractivity contribution in [3.8, 4) is 0 Å². The zero-order valence-corrected chi connectivity index (χ0v) is 15.1. The van der Waals surface area contributed by atoms with Gasteiger partial charge in [-0.15, -0.1) is 0 Å². The Kier molecular flexibility index (Phi) is 3.65. The molecule has 1 aromatic heterocycles. The van der Waals surface area contributed by atoms with Crippen LogP contribution in [0.1, 0.15) is 16.8 Å². The van der Waals surface area contributed by atoms with Crippen molar-refractivity contribution in [1.29, 1.82) is 0 Å². The molecular weight excluding hydrogens is 342 g/mol. The standard InChI is InChI=1S/C20H21N5O2/c1-23-10-8-13-11-24(17(13)12-23)20(27)25-16-7-3-2-5-14(16)19(26)22-15-6-4-9-21-18(15)25/h2-7,9,13,17H,8,10-12H2,1H3,(H,22,26). The van der Waals surface area contributed by atoms with Crippen molar-refractivity contribution in [2.75, 3.05) is 36.9 Å². The summed E-state index contributed by atoms with van der Waals surface area (Å²) in [4.78, 5) is 36.5. The Morgan fingerprint density at radius 3 is 2.93 bits per heavy atom. The molecule has 7 nitrogen and oxygen atoms in total. The van der Waals surface area contributed by atoms with Crippen LogP contribution in [0, 0.1) is 5.92 Å². The third-order valence-electron chi connectivity index (χ3n) is 5.83. The molecule has 2 saturated heterocycles. The van der Waals surface area contributed by atoms with Crippen LogP contribution in [0.15, 0.2) is 42.6 Å². The van der Waals surface area contributed by atoms with Crippen LogP contribution in [0.25, 0.3) is 0 Å². The summed E-state index contributed by atoms with van der Waals surface area (Å²) in [6, 6.07) is 10.8. The van der Waals surface area contributed by atoms with E-state index < -0.39 is 0 Å². The summed E-state index contributed by atoms with van der Waals surface area (Å²) in [6.45, 7) is 2.73. The quantitative estimate of drug-likeness (QED) is 0.781. The van der Waals surface area contributed by atoms with Gasteiger partial charge in [0.1, 0.15) is 0 Å². The van der Waals surface area contributed by atoms with Crippen molar-refractivity contribution in [3.05, 3.63) is 48.2 Å². The summed E-state index contributed by atoms with van der Waals surface area (Å²) in [5.74, 6) is 0.804. The zero-order chi connectivity index (χ0) is 18.5. The molecule has 2 fully saturated rings. The minimum absolute atomic E-state index is 0.115. The van der Waals surface area contributed by atoms with E-state index in [0.29, 0.717) is 28.7 Å². The maximum Gasteiger partial charge on any atom is 0.330 e. The number of para-hydroxylation sites is 1. The number of aromatic nitrogens is 1. The molecule has 7 heteroatoms. The van der Waals surface area contributed by atoms with E-state index in [9.17, 15) is 9.59 Å². The van der Waals surface area contributed by atoms with Gasteiger partial charge in [0.05, 0.1) is 23.0 Å². The Bertz CT molecular complexity index is 930. The molecule has 27 heavy (non-hydrogen) atoms. The number of hydrogen-bond donors (Lipinski definition) is 1. The van der Waals surface area contributed by atoms with E-state index in [0.717, 1.165) is 26.1 Å². The van der Waals surface area contributed by atoms with E-state index in [-0.39, 0.29) is 18.0 Å². The first-order valence-corrected chi connectivity index (χ1v) is 9.28. The lowest BCUT2D eigenvalue weighted by atomic mass is 9.82. The van der Waals surface area contributed by atoms with Crippen LogP contribution in [0.5, 0.6) is 0 Å². The Hall–Kier alpha value is -2.93. The van der Waals surface area contributed by atoms with E-state index in [4.69, 9.17) is 0 Å². The second kappa shape index (κ2) is 6.06. The van der Waals surface area contributed by atoms with Crippen LogP contribution in [-0.4, -0.2) is 59.4 Å². The SMILES string of the molecule is CN1CCC2CN(C(=O)N3c4ccccc4C(=O)Nc4cccnc43)C2C1. The van der Waals surface area contributed by atoms with Crippen LogP contribution in [-0.2, 0) is 0 Å². The summed E-state index contributed by atoms with van der Waals surface area (Å²) >= 11 is 0. The summed E-state index contributed by atoms with van der Waals surface area (Å²) in [7, 11) is 2.10. The minimum Gasteiger partial charge on any atom is -0.319 e. The van der Waals surface area contributed by atoms with E-state index in [1.165, 1.54) is 0 Å². The number of nitrogens with zero attached hydrogens (tertiary/aromatic N) is 4. The number of carbonyl (C=O) groups is 2. The number of piperidine rings is 1. The van der Waals surface area contributed by atoms with Gasteiger partial charge in [-0.1, -0.05) is 12.1 Å². The van der Waals surface area contributed by atoms with Gasteiger partial charge in [0.25, 0.3) is 5.91 Å². The number of carbonyl (C=O) groups excluding carboxylic acids is 2. The molecular formula is C20H21N5O2. The highest BCUT2D eigenvalue weighted by Crippen LogP contribution is 2.40. The van der Waals surface area contributed by atoms with Crippen LogP contribution in [0.3, 0.4) is 0 Å². The summed E-state index contributed by atoms with van der Waals surface area (Å²) in [5, 5.41) is 2.88. The highest BCUT2D eigenvalue weighted by molar-refractivity contribution is 6.16. The molecule has 138 valence electrons. The van der Waals surface area contributed by atoms with Gasteiger partial charge in [0, 0.05) is 19.3 Å². The van der Waals surface area contributed by atoms with E-state index in [1.54, 1.807) is 41.4 Å². The Morgan fingerprint density at radius 1 is 1.19 bits per heavy atom. The Labute approximate surface area is 157 Å². The van der Waals surface area contributed by atoms with Crippen molar-refractivity contribution < 1.29 is 9.59 Å². The summed E-state index contributed by atoms with van der Waals surface area (Å²) in [6.07, 6.45) is 2.77. The number of likely N-dealkylation sites (N-methyl/N-ethyl adjacent to an activating group) is 1. The van der Waals surface area contributed by atoms with Gasteiger partial charge in [-0.2, -0.15) is 0 Å². The van der Waals surface area contributed by atoms with Gasteiger partial charge >= 0.3 is 6.03 Å². The number of rotatable bonds is 0. The molecule has 0 saturated carbocycles. The molecule has 4 heterocycles. The number of likely N-dealkylation sites (tertiary alicyclic amines) is 2. The molecule has 0 spiro atoms. The topological polar surface area (TPSA) is 68.8 Å². The second-order valence-corrected chi connectivity index (χ2v) is 7.49. The minimum atomic E-state index is -0.228. The predicted molar refractivity (Wildman–Crippen MR) is 102 cm³/mol. The second-order valence-electron chi connectivity index (χ2n) is 7.49. The summed E-state index contributed by atoms with van der Waals surface area (Å²) < 4.78 is 0. The van der Waals surface area contributed by atoms with Crippen LogP contribution < -0.4 is 10.2 Å². The van der Waals surface area contributed by atoms with Gasteiger partial charge in [-0.05, 0) is 50.2 Å². The number of fused-ring (bicyclic) bond motifs is 3. The molecule has 5 rings (SSSR count). The largest absolute Gasteiger partial charge is 0.330 e. The number of nitrogens with one attached hydrogen (secondary N) is 1. The number of anilines is 3. The maximum atomic E-state index is 13.6. The Balaban J connectivity index is 1.58. The first-order chi connectivity index (χ1) is 13.1. The van der Waals surface area contributed by atoms with Gasteiger partial charge in [0.15, 0.2) is 5.82 Å². The molecule has 2 aromatic rings. The molecule has 3 amide bonds. The molecule has 0 radical (unpaired) electrons. The van der Waals surface area contributed by atoms with Gasteiger partial charge in [0.2, 0.25) is 0 Å². The number of pyridine rings is 1. The normalized spacial score (nSPS) is 24.1. The predicted octanol–water partition coefficient (Wildman–Crippen LogP) is 2.54. The number of urea groups is 1. The van der Waals surface area contributed by atoms with Crippen molar-refractivity contribution in [2.24, 2.45) is 5.92 Å². The molecule has 2 atom stereocenters. The average Bonchev–Trinajstić information content (AvgIpc) is 2.78. The molecule has 0 aliphatic carbocycles. The zero-order valence-electron chi connectivity index (χ0n) is 15.1. The van der Waals surface area contributed by atoms with Gasteiger partial charge < -0.3 is 15.1 Å². The molecule has 2 unspecified atom stereocenters. The highest BCUT2D eigenvalue weighted by Gasteiger charge is 2.47. The number of benzene rings is 1. The molecule has 0 bridgehead atoms. The molecule has 3 aliphatic rings. The lowest BCUT2D eigenvalue weighted by Gasteiger charge is -2.53. The molecule has 3 aliphatic heterocycles. The van der Waals surface area contributed by atoms with Gasteiger partial charge in [-0.25, -0.2) is 14.7 Å². The lowest BCUT2D eigenvalue weighted by Crippen LogP contribution is -2.67. The average molecular weight is 363 g/mol.